The van der Waals surface area contributed by atoms with Crippen LogP contribution in [0.3, 0.4) is 0 Å². The first-order valence-electron chi connectivity index (χ1n) is 7.47. The molecule has 1 aromatic carbocycles. The molecule has 1 aromatic rings. The van der Waals surface area contributed by atoms with Gasteiger partial charge in [0.05, 0.1) is 12.5 Å². The van der Waals surface area contributed by atoms with E-state index in [1.807, 2.05) is 13.0 Å². The Kier molecular flexibility index (Phi) is 6.51. The monoisotopic (exact) mass is 311 g/mol. The zero-order chi connectivity index (χ0) is 15.1. The third kappa shape index (κ3) is 5.00. The van der Waals surface area contributed by atoms with E-state index in [1.165, 1.54) is 17.8 Å². The van der Waals surface area contributed by atoms with Crippen LogP contribution >= 0.6 is 11.8 Å². The molecule has 21 heavy (non-hydrogen) atoms. The van der Waals surface area contributed by atoms with Crippen molar-refractivity contribution in [3.63, 3.8) is 0 Å². The van der Waals surface area contributed by atoms with Crippen LogP contribution in [0.4, 0.5) is 4.39 Å². The Hall–Kier alpha value is -1.07. The lowest BCUT2D eigenvalue weighted by Crippen LogP contribution is -2.40. The van der Waals surface area contributed by atoms with Crippen LogP contribution in [0.25, 0.3) is 0 Å². The van der Waals surface area contributed by atoms with Crippen LogP contribution in [0.5, 0.6) is 0 Å². The summed E-state index contributed by atoms with van der Waals surface area (Å²) >= 11 is 1.53. The molecule has 5 heteroatoms. The van der Waals surface area contributed by atoms with Gasteiger partial charge in [-0.2, -0.15) is 0 Å². The van der Waals surface area contributed by atoms with Gasteiger partial charge in [0.2, 0.25) is 0 Å². The summed E-state index contributed by atoms with van der Waals surface area (Å²) in [7, 11) is 0. The number of hydrogen-bond donors (Lipinski definition) is 0. The van der Waals surface area contributed by atoms with Gasteiger partial charge in [0.15, 0.2) is 0 Å². The Morgan fingerprint density at radius 1 is 1.48 bits per heavy atom. The van der Waals surface area contributed by atoms with Crippen molar-refractivity contribution in [1.82, 2.24) is 4.90 Å². The minimum Gasteiger partial charge on any atom is -0.466 e. The van der Waals surface area contributed by atoms with Gasteiger partial charge < -0.3 is 9.64 Å². The van der Waals surface area contributed by atoms with E-state index in [-0.39, 0.29) is 17.7 Å². The molecule has 1 heterocycles. The van der Waals surface area contributed by atoms with Crippen LogP contribution in [0.1, 0.15) is 19.8 Å². The van der Waals surface area contributed by atoms with E-state index in [0.29, 0.717) is 11.5 Å². The lowest BCUT2D eigenvalue weighted by Gasteiger charge is -2.31. The fourth-order valence-electron chi connectivity index (χ4n) is 2.56. The highest BCUT2D eigenvalue weighted by molar-refractivity contribution is 7.99. The first-order chi connectivity index (χ1) is 10.2. The number of likely N-dealkylation sites (tertiary alicyclic amines) is 1. The molecular formula is C16H22FNO2S. The Bertz CT molecular complexity index is 469. The fraction of sp³-hybridized carbons (Fsp3) is 0.562. The molecule has 116 valence electrons. The highest BCUT2D eigenvalue weighted by Gasteiger charge is 2.26. The molecule has 0 unspecified atom stereocenters. The molecule has 2 rings (SSSR count). The number of benzene rings is 1. The third-order valence-electron chi connectivity index (χ3n) is 3.63. The standard InChI is InChI=1S/C16H22FNO2S/c1-2-20-16(19)13-6-5-9-18(12-13)10-11-21-15-8-4-3-7-14(15)17/h3-4,7-8,13H,2,5-6,9-12H2,1H3/t13-/m0/s1. The van der Waals surface area contributed by atoms with Gasteiger partial charge in [0.1, 0.15) is 5.82 Å². The van der Waals surface area contributed by atoms with Crippen LogP contribution in [0.2, 0.25) is 0 Å². The van der Waals surface area contributed by atoms with E-state index in [9.17, 15) is 9.18 Å². The molecule has 1 aliphatic rings. The topological polar surface area (TPSA) is 29.5 Å². The minimum absolute atomic E-state index is 0.00263. The molecule has 0 spiro atoms. The Morgan fingerprint density at radius 3 is 3.05 bits per heavy atom. The summed E-state index contributed by atoms with van der Waals surface area (Å²) in [4.78, 5) is 14.7. The van der Waals surface area contributed by atoms with Gasteiger partial charge in [-0.25, -0.2) is 4.39 Å². The summed E-state index contributed by atoms with van der Waals surface area (Å²) in [6.07, 6.45) is 1.93. The number of esters is 1. The summed E-state index contributed by atoms with van der Waals surface area (Å²) in [6.45, 7) is 4.92. The molecule has 0 aliphatic carbocycles. The SMILES string of the molecule is CCOC(=O)[C@H]1CCCN(CCSc2ccccc2F)C1. The number of carbonyl (C=O) groups excluding carboxylic acids is 1. The van der Waals surface area contributed by atoms with E-state index >= 15 is 0 Å². The quantitative estimate of drug-likeness (QED) is 0.596. The highest BCUT2D eigenvalue weighted by atomic mass is 32.2. The molecule has 1 atom stereocenters. The van der Waals surface area contributed by atoms with Crippen LogP contribution in [0, 0.1) is 11.7 Å². The van der Waals surface area contributed by atoms with E-state index in [2.05, 4.69) is 4.90 Å². The van der Waals surface area contributed by atoms with Crippen molar-refractivity contribution in [2.24, 2.45) is 5.92 Å². The molecule has 1 fully saturated rings. The smallest absolute Gasteiger partial charge is 0.310 e. The van der Waals surface area contributed by atoms with E-state index < -0.39 is 0 Å². The Balaban J connectivity index is 1.75. The normalized spacial score (nSPS) is 19.4. The summed E-state index contributed by atoms with van der Waals surface area (Å²) in [5.74, 6) is 0.586. The second-order valence-corrected chi connectivity index (χ2v) is 6.31. The van der Waals surface area contributed by atoms with Crippen molar-refractivity contribution in [2.75, 3.05) is 32.0 Å². The summed E-state index contributed by atoms with van der Waals surface area (Å²) in [5, 5.41) is 0. The van der Waals surface area contributed by atoms with Gasteiger partial charge >= 0.3 is 5.97 Å². The number of nitrogens with zero attached hydrogens (tertiary/aromatic N) is 1. The molecule has 1 aliphatic heterocycles. The number of piperidine rings is 1. The highest BCUT2D eigenvalue weighted by Crippen LogP contribution is 2.23. The Morgan fingerprint density at radius 2 is 2.29 bits per heavy atom. The molecule has 0 aromatic heterocycles. The molecule has 0 N–H and O–H groups in total. The molecule has 3 nitrogen and oxygen atoms in total. The molecule has 1 saturated heterocycles. The minimum atomic E-state index is -0.162. The van der Waals surface area contributed by atoms with Crippen molar-refractivity contribution in [2.45, 2.75) is 24.7 Å². The maximum absolute atomic E-state index is 13.5. The number of rotatable bonds is 6. The lowest BCUT2D eigenvalue weighted by atomic mass is 9.98. The number of thioether (sulfide) groups is 1. The van der Waals surface area contributed by atoms with E-state index in [1.54, 1.807) is 12.1 Å². The predicted octanol–water partition coefficient (Wildman–Crippen LogP) is 3.19. The maximum atomic E-state index is 13.5. The molecule has 0 saturated carbocycles. The van der Waals surface area contributed by atoms with Crippen molar-refractivity contribution in [3.8, 4) is 0 Å². The average molecular weight is 311 g/mol. The van der Waals surface area contributed by atoms with Crippen molar-refractivity contribution in [1.29, 1.82) is 0 Å². The van der Waals surface area contributed by atoms with Gasteiger partial charge in [-0.3, -0.25) is 4.79 Å². The van der Waals surface area contributed by atoms with Crippen LogP contribution < -0.4 is 0 Å². The second-order valence-electron chi connectivity index (χ2n) is 5.17. The van der Waals surface area contributed by atoms with Crippen LogP contribution in [0.15, 0.2) is 29.2 Å². The van der Waals surface area contributed by atoms with Crippen molar-refractivity contribution in [3.05, 3.63) is 30.1 Å². The number of carbonyl (C=O) groups is 1. The number of ether oxygens (including phenoxy) is 1. The molecular weight excluding hydrogens is 289 g/mol. The number of hydrogen-bond acceptors (Lipinski definition) is 4. The van der Waals surface area contributed by atoms with Crippen molar-refractivity contribution < 1.29 is 13.9 Å². The molecule has 0 radical (unpaired) electrons. The first kappa shape index (κ1) is 16.3. The van der Waals surface area contributed by atoms with Gasteiger partial charge in [-0.15, -0.1) is 11.8 Å². The second kappa shape index (κ2) is 8.39. The zero-order valence-corrected chi connectivity index (χ0v) is 13.2. The molecule has 0 amide bonds. The van der Waals surface area contributed by atoms with Gasteiger partial charge in [0.25, 0.3) is 0 Å². The third-order valence-corrected chi connectivity index (χ3v) is 4.66. The largest absolute Gasteiger partial charge is 0.466 e. The number of halogens is 1. The van der Waals surface area contributed by atoms with Gasteiger partial charge in [0, 0.05) is 23.7 Å². The summed E-state index contributed by atoms with van der Waals surface area (Å²) in [6, 6.07) is 6.84. The van der Waals surface area contributed by atoms with Crippen molar-refractivity contribution >= 4 is 17.7 Å². The van der Waals surface area contributed by atoms with Gasteiger partial charge in [-0.1, -0.05) is 12.1 Å². The lowest BCUT2D eigenvalue weighted by molar-refractivity contribution is -0.149. The Labute approximate surface area is 129 Å². The summed E-state index contributed by atoms with van der Waals surface area (Å²) in [5.41, 5.74) is 0. The summed E-state index contributed by atoms with van der Waals surface area (Å²) < 4.78 is 18.6. The average Bonchev–Trinajstić information content (AvgIpc) is 2.50. The van der Waals surface area contributed by atoms with Crippen LogP contribution in [-0.4, -0.2) is 42.9 Å². The predicted molar refractivity (Wildman–Crippen MR) is 82.9 cm³/mol. The van der Waals surface area contributed by atoms with E-state index in [4.69, 9.17) is 4.74 Å². The van der Waals surface area contributed by atoms with E-state index in [0.717, 1.165) is 38.2 Å². The zero-order valence-electron chi connectivity index (χ0n) is 12.4. The first-order valence-corrected chi connectivity index (χ1v) is 8.45. The van der Waals surface area contributed by atoms with Gasteiger partial charge in [-0.05, 0) is 38.4 Å². The maximum Gasteiger partial charge on any atom is 0.310 e. The molecule has 0 bridgehead atoms. The fourth-order valence-corrected chi connectivity index (χ4v) is 3.51. The van der Waals surface area contributed by atoms with Crippen LogP contribution in [-0.2, 0) is 9.53 Å².